The van der Waals surface area contributed by atoms with Gasteiger partial charge in [-0.15, -0.1) is 0 Å². The molecule has 0 bridgehead atoms. The molecule has 0 aromatic heterocycles. The van der Waals surface area contributed by atoms with E-state index in [1.165, 1.54) is 12.8 Å². The van der Waals surface area contributed by atoms with Gasteiger partial charge in [-0.25, -0.2) is 0 Å². The summed E-state index contributed by atoms with van der Waals surface area (Å²) in [7, 11) is 0. The van der Waals surface area contributed by atoms with Crippen molar-refractivity contribution in [1.29, 1.82) is 0 Å². The fourth-order valence-electron chi connectivity index (χ4n) is 4.69. The Kier molecular flexibility index (Phi) is 15.5. The van der Waals surface area contributed by atoms with Gasteiger partial charge in [0.15, 0.2) is 0 Å². The molecule has 0 spiro atoms. The van der Waals surface area contributed by atoms with Gasteiger partial charge in [0.1, 0.15) is 0 Å². The third kappa shape index (κ3) is 20.7. The predicted octanol–water partition coefficient (Wildman–Crippen LogP) is 9.23. The molecule has 0 aromatic carbocycles. The Labute approximate surface area is 181 Å². The van der Waals surface area contributed by atoms with Crippen LogP contribution in [0.4, 0.5) is 0 Å². The number of hydrogen-bond acceptors (Lipinski definition) is 1. The molecule has 2 atom stereocenters. The normalized spacial score (nSPS) is 15.2. The van der Waals surface area contributed by atoms with Crippen LogP contribution in [0, 0.1) is 39.4 Å². The zero-order valence-electron chi connectivity index (χ0n) is 23.0. The van der Waals surface area contributed by atoms with Gasteiger partial charge in [-0.2, -0.15) is 0 Å². The van der Waals surface area contributed by atoms with Crippen molar-refractivity contribution in [3.05, 3.63) is 0 Å². The minimum atomic E-state index is 0.267. The zero-order valence-corrected chi connectivity index (χ0v) is 23.0. The van der Waals surface area contributed by atoms with Gasteiger partial charge in [-0.05, 0) is 45.8 Å². The van der Waals surface area contributed by atoms with E-state index in [2.05, 4.69) is 111 Å². The minimum absolute atomic E-state index is 0.267. The summed E-state index contributed by atoms with van der Waals surface area (Å²) in [4.78, 5) is 0. The molecule has 0 rings (SSSR count). The van der Waals surface area contributed by atoms with Gasteiger partial charge in [0.2, 0.25) is 0 Å². The van der Waals surface area contributed by atoms with E-state index in [9.17, 15) is 0 Å². The fourth-order valence-corrected chi connectivity index (χ4v) is 4.69. The molecule has 28 heavy (non-hydrogen) atoms. The molecule has 0 saturated carbocycles. The van der Waals surface area contributed by atoms with Crippen LogP contribution in [0.3, 0.4) is 0 Å². The molecule has 2 unspecified atom stereocenters. The van der Waals surface area contributed by atoms with E-state index in [0.717, 1.165) is 18.3 Å². The Morgan fingerprint density at radius 1 is 0.607 bits per heavy atom. The van der Waals surface area contributed by atoms with Crippen molar-refractivity contribution >= 4 is 0 Å². The van der Waals surface area contributed by atoms with Crippen LogP contribution in [0.5, 0.6) is 0 Å². The lowest BCUT2D eigenvalue weighted by Crippen LogP contribution is -2.24. The van der Waals surface area contributed by atoms with E-state index in [0.29, 0.717) is 28.8 Å². The number of hydrogen-bond donors (Lipinski definition) is 1. The largest absolute Gasteiger partial charge is 0.396 e. The van der Waals surface area contributed by atoms with Crippen LogP contribution in [-0.2, 0) is 0 Å². The van der Waals surface area contributed by atoms with Crippen molar-refractivity contribution in [3.8, 4) is 0 Å². The lowest BCUT2D eigenvalue weighted by Gasteiger charge is -2.33. The summed E-state index contributed by atoms with van der Waals surface area (Å²) in [6.07, 6.45) is 3.67. The summed E-state index contributed by atoms with van der Waals surface area (Å²) in [5.41, 5.74) is 1.73. The van der Waals surface area contributed by atoms with Crippen molar-refractivity contribution in [1.82, 2.24) is 0 Å². The van der Waals surface area contributed by atoms with E-state index >= 15 is 0 Å². The molecule has 0 aliphatic rings. The maximum absolute atomic E-state index is 8.86. The smallest absolute Gasteiger partial charge is 0.0464 e. The SMILES string of the molecule is CC(C)(C)CC(C)(C)C.CCC(C(C)C)C(C)(C)C.CCC(CO)C(C)(C)C. The molecule has 0 fully saturated rings. The number of aliphatic hydroxyl groups excluding tert-OH is 1. The van der Waals surface area contributed by atoms with E-state index < -0.39 is 0 Å². The standard InChI is InChI=1S/C10H22.C9H20.C8H18O/c1-7-9(8(2)3)10(4,5)6;1-8(2,3)7-9(4,5)6;1-5-7(6-9)8(2,3)4/h8-9H,7H2,1-6H3;7H2,1-6H3;7,9H,5-6H2,1-4H3. The second-order valence-electron chi connectivity index (χ2n) is 13.6. The maximum atomic E-state index is 8.86. The first-order valence-electron chi connectivity index (χ1n) is 11.7. The van der Waals surface area contributed by atoms with E-state index in [1.54, 1.807) is 0 Å². The summed E-state index contributed by atoms with van der Waals surface area (Å²) < 4.78 is 0. The van der Waals surface area contributed by atoms with Gasteiger partial charge < -0.3 is 5.11 Å². The molecule has 174 valence electrons. The summed E-state index contributed by atoms with van der Waals surface area (Å²) in [6, 6.07) is 0. The summed E-state index contributed by atoms with van der Waals surface area (Å²) in [5, 5.41) is 8.86. The maximum Gasteiger partial charge on any atom is 0.0464 e. The molecular weight excluding hydrogens is 340 g/mol. The second-order valence-corrected chi connectivity index (χ2v) is 13.6. The fraction of sp³-hybridized carbons (Fsp3) is 1.00. The van der Waals surface area contributed by atoms with Crippen LogP contribution < -0.4 is 0 Å². The molecule has 1 nitrogen and oxygen atoms in total. The number of aliphatic hydroxyl groups is 1. The lowest BCUT2D eigenvalue weighted by molar-refractivity contribution is 0.127. The van der Waals surface area contributed by atoms with Gasteiger partial charge in [-0.1, -0.05) is 124 Å². The quantitative estimate of drug-likeness (QED) is 0.498. The van der Waals surface area contributed by atoms with Gasteiger partial charge in [0.05, 0.1) is 0 Å². The first-order chi connectivity index (χ1) is 12.1. The average Bonchev–Trinajstić information content (AvgIpc) is 2.33. The zero-order chi connectivity index (χ0) is 23.6. The van der Waals surface area contributed by atoms with E-state index in [4.69, 9.17) is 5.11 Å². The first kappa shape index (κ1) is 32.6. The van der Waals surface area contributed by atoms with Gasteiger partial charge >= 0.3 is 0 Å². The summed E-state index contributed by atoms with van der Waals surface area (Å²) >= 11 is 0. The molecule has 0 amide bonds. The van der Waals surface area contributed by atoms with Crippen molar-refractivity contribution in [2.24, 2.45) is 39.4 Å². The summed E-state index contributed by atoms with van der Waals surface area (Å²) in [5.74, 6) is 2.15. The van der Waals surface area contributed by atoms with Crippen LogP contribution in [0.25, 0.3) is 0 Å². The summed E-state index contributed by atoms with van der Waals surface area (Å²) in [6.45, 7) is 36.6. The highest BCUT2D eigenvalue weighted by molar-refractivity contribution is 4.75. The molecule has 0 aliphatic heterocycles. The third-order valence-electron chi connectivity index (χ3n) is 5.36. The lowest BCUT2D eigenvalue weighted by atomic mass is 9.73. The third-order valence-corrected chi connectivity index (χ3v) is 5.36. The molecule has 0 saturated heterocycles. The van der Waals surface area contributed by atoms with Gasteiger partial charge in [-0.3, -0.25) is 0 Å². The second kappa shape index (κ2) is 13.3. The monoisotopic (exact) mass is 400 g/mol. The Morgan fingerprint density at radius 2 is 0.964 bits per heavy atom. The van der Waals surface area contributed by atoms with Crippen LogP contribution >= 0.6 is 0 Å². The van der Waals surface area contributed by atoms with E-state index in [-0.39, 0.29) is 5.41 Å². The molecule has 0 aromatic rings. The minimum Gasteiger partial charge on any atom is -0.396 e. The highest BCUT2D eigenvalue weighted by atomic mass is 16.3. The van der Waals surface area contributed by atoms with Crippen molar-refractivity contribution < 1.29 is 5.11 Å². The molecule has 1 N–H and O–H groups in total. The first-order valence-corrected chi connectivity index (χ1v) is 11.7. The van der Waals surface area contributed by atoms with Crippen LogP contribution in [-0.4, -0.2) is 11.7 Å². The van der Waals surface area contributed by atoms with Crippen LogP contribution in [0.1, 0.15) is 130 Å². The molecule has 0 heterocycles. The molecule has 0 radical (unpaired) electrons. The topological polar surface area (TPSA) is 20.2 Å². The molecular formula is C27H60O. The Bertz CT molecular complexity index is 336. The predicted molar refractivity (Wildman–Crippen MR) is 132 cm³/mol. The van der Waals surface area contributed by atoms with Gasteiger partial charge in [0.25, 0.3) is 0 Å². The number of rotatable bonds is 4. The molecule has 1 heteroatoms. The molecule has 0 aliphatic carbocycles. The van der Waals surface area contributed by atoms with Crippen molar-refractivity contribution in [3.63, 3.8) is 0 Å². The Hall–Kier alpha value is -0.0400. The highest BCUT2D eigenvalue weighted by Gasteiger charge is 2.25. The van der Waals surface area contributed by atoms with Crippen molar-refractivity contribution in [2.75, 3.05) is 6.61 Å². The average molecular weight is 401 g/mol. The van der Waals surface area contributed by atoms with Gasteiger partial charge in [0, 0.05) is 6.61 Å². The Morgan fingerprint density at radius 3 is 0.964 bits per heavy atom. The van der Waals surface area contributed by atoms with Crippen molar-refractivity contribution in [2.45, 2.75) is 130 Å². The van der Waals surface area contributed by atoms with E-state index in [1.807, 2.05) is 0 Å². The van der Waals surface area contributed by atoms with Crippen LogP contribution in [0.2, 0.25) is 0 Å². The highest BCUT2D eigenvalue weighted by Crippen LogP contribution is 2.34. The van der Waals surface area contributed by atoms with Crippen LogP contribution in [0.15, 0.2) is 0 Å². The Balaban J connectivity index is -0.000000336.